The maximum atomic E-state index is 13.3. The van der Waals surface area contributed by atoms with E-state index in [1.54, 1.807) is 29.3 Å². The zero-order chi connectivity index (χ0) is 28.4. The molecule has 3 amide bonds. The quantitative estimate of drug-likeness (QED) is 0.387. The number of carbonyl (C=O) groups excluding carboxylic acids is 2. The second-order valence-corrected chi connectivity index (χ2v) is 11.4. The second-order valence-electron chi connectivity index (χ2n) is 11.0. The molecular weight excluding hydrogens is 529 g/mol. The molecule has 1 aromatic heterocycles. The molecule has 0 radical (unpaired) electrons. The molecule has 5 rings (SSSR count). The number of fused-ring (bicyclic) bond motifs is 1. The lowest BCUT2D eigenvalue weighted by molar-refractivity contribution is 0.0772. The highest BCUT2D eigenvalue weighted by molar-refractivity contribution is 6.31. The van der Waals surface area contributed by atoms with Gasteiger partial charge in [0.2, 0.25) is 0 Å². The van der Waals surface area contributed by atoms with Gasteiger partial charge in [-0.3, -0.25) is 14.7 Å². The van der Waals surface area contributed by atoms with Crippen molar-refractivity contribution in [3.05, 3.63) is 88.0 Å². The number of anilines is 2. The van der Waals surface area contributed by atoms with Crippen molar-refractivity contribution in [2.45, 2.75) is 27.2 Å². The van der Waals surface area contributed by atoms with Crippen LogP contribution in [0.5, 0.6) is 0 Å². The van der Waals surface area contributed by atoms with Gasteiger partial charge < -0.3 is 15.1 Å². The van der Waals surface area contributed by atoms with Crippen molar-refractivity contribution in [1.29, 1.82) is 0 Å². The Balaban J connectivity index is 1.18. The smallest absolute Gasteiger partial charge is 0.326 e. The first-order chi connectivity index (χ1) is 19.2. The summed E-state index contributed by atoms with van der Waals surface area (Å²) in [5.74, 6) is 0.638. The summed E-state index contributed by atoms with van der Waals surface area (Å²) in [6.07, 6.45) is 2.53. The Hall–Kier alpha value is -3.49. The summed E-state index contributed by atoms with van der Waals surface area (Å²) >= 11 is 6.38. The van der Waals surface area contributed by atoms with Gasteiger partial charge in [-0.05, 0) is 99.2 Å². The predicted octanol–water partition coefficient (Wildman–Crippen LogP) is 5.93. The van der Waals surface area contributed by atoms with Gasteiger partial charge in [0.15, 0.2) is 0 Å². The zero-order valence-corrected chi connectivity index (χ0v) is 23.9. The van der Waals surface area contributed by atoms with E-state index in [2.05, 4.69) is 15.2 Å². The maximum absolute atomic E-state index is 13.3. The van der Waals surface area contributed by atoms with E-state index in [0.29, 0.717) is 34.8 Å². The minimum atomic E-state index is -0.356. The number of amides is 3. The lowest BCUT2D eigenvalue weighted by Gasteiger charge is -2.26. The summed E-state index contributed by atoms with van der Waals surface area (Å²) < 4.78 is 13.3. The molecule has 2 unspecified atom stereocenters. The number of carbonyl (C=O) groups is 2. The van der Waals surface area contributed by atoms with E-state index in [-0.39, 0.29) is 17.8 Å². The molecule has 0 saturated carbocycles. The first-order valence-electron chi connectivity index (χ1n) is 13.7. The highest BCUT2D eigenvalue weighted by Crippen LogP contribution is 2.33. The molecule has 3 aromatic rings. The van der Waals surface area contributed by atoms with Crippen LogP contribution in [0, 0.1) is 38.4 Å². The van der Waals surface area contributed by atoms with E-state index < -0.39 is 0 Å². The first-order valence-corrected chi connectivity index (χ1v) is 14.1. The minimum absolute atomic E-state index is 0.0867. The van der Waals surface area contributed by atoms with Gasteiger partial charge in [0.1, 0.15) is 5.82 Å². The number of nitrogens with zero attached hydrogens (tertiary/aromatic N) is 4. The molecule has 2 aliphatic heterocycles. The van der Waals surface area contributed by atoms with Gasteiger partial charge in [0.25, 0.3) is 5.91 Å². The largest absolute Gasteiger partial charge is 0.338 e. The minimum Gasteiger partial charge on any atom is -0.338 e. The van der Waals surface area contributed by atoms with E-state index >= 15 is 0 Å². The molecule has 0 aliphatic carbocycles. The van der Waals surface area contributed by atoms with Gasteiger partial charge in [0, 0.05) is 55.3 Å². The number of nitrogens with one attached hydrogen (secondary N) is 1. The summed E-state index contributed by atoms with van der Waals surface area (Å²) in [4.78, 5) is 37.0. The molecule has 9 heteroatoms. The van der Waals surface area contributed by atoms with Crippen LogP contribution in [-0.4, -0.2) is 66.0 Å². The zero-order valence-electron chi connectivity index (χ0n) is 23.2. The Kier molecular flexibility index (Phi) is 8.38. The van der Waals surface area contributed by atoms with E-state index in [4.69, 9.17) is 11.6 Å². The number of hydrogen-bond donors (Lipinski definition) is 1. The second kappa shape index (κ2) is 11.9. The fraction of sp³-hybridized carbons (Fsp3) is 0.387. The number of likely N-dealkylation sites (tertiary alicyclic amines) is 2. The number of hydrogen-bond acceptors (Lipinski definition) is 4. The first kappa shape index (κ1) is 28.1. The summed E-state index contributed by atoms with van der Waals surface area (Å²) in [6.45, 7) is 10.6. The van der Waals surface area contributed by atoms with Gasteiger partial charge in [-0.15, -0.1) is 0 Å². The van der Waals surface area contributed by atoms with E-state index in [0.717, 1.165) is 61.5 Å². The average Bonchev–Trinajstić information content (AvgIpc) is 3.49. The third kappa shape index (κ3) is 6.13. The molecule has 7 nitrogen and oxygen atoms in total. The highest BCUT2D eigenvalue weighted by atomic mass is 35.5. The summed E-state index contributed by atoms with van der Waals surface area (Å²) in [5, 5.41) is 3.47. The molecule has 2 saturated heterocycles. The Morgan fingerprint density at radius 2 is 1.70 bits per heavy atom. The normalized spacial score (nSPS) is 18.6. The van der Waals surface area contributed by atoms with Gasteiger partial charge >= 0.3 is 6.03 Å². The van der Waals surface area contributed by atoms with Gasteiger partial charge in [-0.25, -0.2) is 9.18 Å². The fourth-order valence-electron chi connectivity index (χ4n) is 5.89. The molecule has 2 aromatic carbocycles. The Morgan fingerprint density at radius 3 is 2.35 bits per heavy atom. The van der Waals surface area contributed by atoms with Crippen LogP contribution in [0.15, 0.2) is 54.7 Å². The molecule has 1 N–H and O–H groups in total. The Bertz CT molecular complexity index is 1360. The van der Waals surface area contributed by atoms with Gasteiger partial charge in [-0.2, -0.15) is 0 Å². The van der Waals surface area contributed by atoms with Crippen LogP contribution in [0.1, 0.15) is 33.6 Å². The van der Waals surface area contributed by atoms with Crippen LogP contribution in [0.4, 0.5) is 20.6 Å². The molecule has 2 fully saturated rings. The SMILES string of the molecule is Cc1ccc(N(CCCN2CC3CN(C(=O)c4c(C)ccnc4C)CC3C2)C(=O)Nc2ccc(F)cc2)cc1Cl. The van der Waals surface area contributed by atoms with Crippen molar-refractivity contribution in [2.75, 3.05) is 49.5 Å². The third-order valence-corrected chi connectivity index (χ3v) is 8.48. The van der Waals surface area contributed by atoms with Crippen molar-refractivity contribution >= 4 is 34.9 Å². The topological polar surface area (TPSA) is 68.8 Å². The number of urea groups is 1. The molecular formula is C31H35ClFN5O2. The number of benzene rings is 2. The number of rotatable bonds is 7. The van der Waals surface area contributed by atoms with E-state index in [9.17, 15) is 14.0 Å². The lowest BCUT2D eigenvalue weighted by Crippen LogP contribution is -2.38. The Labute approximate surface area is 239 Å². The average molecular weight is 564 g/mol. The molecule has 0 spiro atoms. The standard InChI is InChI=1S/C31H35ClFN5O2/c1-20-5-10-27(15-28(20)32)38(31(40)35-26-8-6-25(33)7-9-26)14-4-13-36-16-23-18-37(19-24(23)17-36)30(39)29-21(2)11-12-34-22(29)3/h5-12,15,23-24H,4,13-14,16-19H2,1-3H3,(H,35,40). The highest BCUT2D eigenvalue weighted by Gasteiger charge is 2.42. The van der Waals surface area contributed by atoms with Crippen LogP contribution in [0.3, 0.4) is 0 Å². The monoisotopic (exact) mass is 563 g/mol. The summed E-state index contributed by atoms with van der Waals surface area (Å²) in [6, 6.07) is 12.9. The van der Waals surface area contributed by atoms with Crippen molar-refractivity contribution < 1.29 is 14.0 Å². The van der Waals surface area contributed by atoms with Crippen molar-refractivity contribution in [2.24, 2.45) is 11.8 Å². The molecule has 0 bridgehead atoms. The molecule has 2 atom stereocenters. The van der Waals surface area contributed by atoms with Crippen LogP contribution in [0.25, 0.3) is 0 Å². The molecule has 2 aliphatic rings. The predicted molar refractivity (Wildman–Crippen MR) is 157 cm³/mol. The van der Waals surface area contributed by atoms with Crippen LogP contribution in [-0.2, 0) is 0 Å². The van der Waals surface area contributed by atoms with Crippen LogP contribution < -0.4 is 10.2 Å². The van der Waals surface area contributed by atoms with Crippen molar-refractivity contribution in [3.8, 4) is 0 Å². The van der Waals surface area contributed by atoms with E-state index in [1.807, 2.05) is 43.9 Å². The van der Waals surface area contributed by atoms with Crippen LogP contribution in [0.2, 0.25) is 5.02 Å². The molecule has 40 heavy (non-hydrogen) atoms. The number of aryl methyl sites for hydroxylation is 3. The van der Waals surface area contributed by atoms with Gasteiger partial charge in [0.05, 0.1) is 11.3 Å². The summed E-state index contributed by atoms with van der Waals surface area (Å²) in [5.41, 5.74) is 4.66. The van der Waals surface area contributed by atoms with Gasteiger partial charge in [-0.1, -0.05) is 17.7 Å². The Morgan fingerprint density at radius 1 is 1.00 bits per heavy atom. The molecule has 3 heterocycles. The van der Waals surface area contributed by atoms with Crippen LogP contribution >= 0.6 is 11.6 Å². The number of pyridine rings is 1. The molecule has 210 valence electrons. The summed E-state index contributed by atoms with van der Waals surface area (Å²) in [7, 11) is 0. The van der Waals surface area contributed by atoms with Crippen molar-refractivity contribution in [3.63, 3.8) is 0 Å². The van der Waals surface area contributed by atoms with E-state index in [1.165, 1.54) is 12.1 Å². The lowest BCUT2D eigenvalue weighted by atomic mass is 10.0. The number of aromatic nitrogens is 1. The van der Waals surface area contributed by atoms with Crippen molar-refractivity contribution in [1.82, 2.24) is 14.8 Å². The maximum Gasteiger partial charge on any atom is 0.326 e. The number of halogens is 2. The fourth-order valence-corrected chi connectivity index (χ4v) is 6.06. The third-order valence-electron chi connectivity index (χ3n) is 8.08.